The first kappa shape index (κ1) is 19.6. The zero-order valence-electron chi connectivity index (χ0n) is 14.1. The molecule has 2 rings (SSSR count). The summed E-state index contributed by atoms with van der Waals surface area (Å²) in [6.07, 6.45) is 2.93. The second kappa shape index (κ2) is 9.07. The highest BCUT2D eigenvalue weighted by atomic mass is 35.5. The lowest BCUT2D eigenvalue weighted by Crippen LogP contribution is -2.32. The summed E-state index contributed by atoms with van der Waals surface area (Å²) in [6.45, 7) is 0. The highest BCUT2D eigenvalue weighted by molar-refractivity contribution is 7.80. The fourth-order valence-corrected chi connectivity index (χ4v) is 2.43. The highest BCUT2D eigenvalue weighted by Gasteiger charge is 2.07. The molecule has 0 aromatic heterocycles. The van der Waals surface area contributed by atoms with E-state index in [2.05, 4.69) is 10.6 Å². The van der Waals surface area contributed by atoms with Crippen LogP contribution in [0.4, 0.5) is 5.69 Å². The van der Waals surface area contributed by atoms with Gasteiger partial charge in [0.1, 0.15) is 5.75 Å². The van der Waals surface area contributed by atoms with Gasteiger partial charge in [-0.25, -0.2) is 0 Å². The predicted molar refractivity (Wildman–Crippen MR) is 106 cm³/mol. The van der Waals surface area contributed by atoms with Crippen molar-refractivity contribution < 1.29 is 19.4 Å². The quantitative estimate of drug-likeness (QED) is 0.410. The molecule has 8 heteroatoms. The van der Waals surface area contributed by atoms with E-state index in [1.807, 2.05) is 0 Å². The summed E-state index contributed by atoms with van der Waals surface area (Å²) in [5.74, 6) is 0.690. The van der Waals surface area contributed by atoms with Crippen molar-refractivity contribution in [1.82, 2.24) is 5.32 Å². The second-order valence-electron chi connectivity index (χ2n) is 5.05. The van der Waals surface area contributed by atoms with Gasteiger partial charge in [-0.15, -0.1) is 0 Å². The molecular formula is C18H17ClN2O4S. The summed E-state index contributed by atoms with van der Waals surface area (Å²) in [7, 11) is 3.08. The number of ether oxygens (including phenoxy) is 2. The number of thiocarbonyl (C=S) groups is 1. The normalized spacial score (nSPS) is 10.4. The molecule has 1 amide bonds. The lowest BCUT2D eigenvalue weighted by molar-refractivity contribution is -0.115. The SMILES string of the molecule is COc1ccc(C=CC(=O)NC(=S)Nc2cc(Cl)ccc2O)cc1OC. The van der Waals surface area contributed by atoms with E-state index in [4.69, 9.17) is 33.3 Å². The van der Waals surface area contributed by atoms with E-state index in [0.717, 1.165) is 5.56 Å². The number of rotatable bonds is 5. The fraction of sp³-hybridized carbons (Fsp3) is 0.111. The third-order valence-corrected chi connectivity index (χ3v) is 3.72. The van der Waals surface area contributed by atoms with Crippen molar-refractivity contribution in [2.75, 3.05) is 19.5 Å². The minimum Gasteiger partial charge on any atom is -0.506 e. The number of hydrogen-bond acceptors (Lipinski definition) is 5. The maximum Gasteiger partial charge on any atom is 0.250 e. The van der Waals surface area contributed by atoms with Crippen molar-refractivity contribution in [3.8, 4) is 17.2 Å². The first-order valence-corrected chi connectivity index (χ1v) is 8.22. The molecule has 26 heavy (non-hydrogen) atoms. The Hall–Kier alpha value is -2.77. The smallest absolute Gasteiger partial charge is 0.250 e. The third kappa shape index (κ3) is 5.37. The van der Waals surface area contributed by atoms with Gasteiger partial charge in [-0.05, 0) is 54.2 Å². The molecule has 0 atom stereocenters. The van der Waals surface area contributed by atoms with Gasteiger partial charge in [0, 0.05) is 11.1 Å². The van der Waals surface area contributed by atoms with Gasteiger partial charge in [0.2, 0.25) is 5.91 Å². The molecule has 0 saturated heterocycles. The van der Waals surface area contributed by atoms with Crippen LogP contribution in [0.15, 0.2) is 42.5 Å². The molecule has 3 N–H and O–H groups in total. The van der Waals surface area contributed by atoms with Crippen molar-refractivity contribution in [1.29, 1.82) is 0 Å². The number of carbonyl (C=O) groups excluding carboxylic acids is 1. The Morgan fingerprint density at radius 1 is 1.15 bits per heavy atom. The molecule has 136 valence electrons. The van der Waals surface area contributed by atoms with Crippen LogP contribution in [0.5, 0.6) is 17.2 Å². The predicted octanol–water partition coefficient (Wildman–Crippen LogP) is 3.59. The fourth-order valence-electron chi connectivity index (χ4n) is 2.04. The number of hydrogen-bond donors (Lipinski definition) is 3. The van der Waals surface area contributed by atoms with Crippen LogP contribution in [-0.2, 0) is 4.79 Å². The average molecular weight is 393 g/mol. The van der Waals surface area contributed by atoms with Crippen LogP contribution in [0.25, 0.3) is 6.08 Å². The number of methoxy groups -OCH3 is 2. The van der Waals surface area contributed by atoms with E-state index in [1.54, 1.807) is 31.4 Å². The summed E-state index contributed by atoms with van der Waals surface area (Å²) >= 11 is 10.9. The first-order chi connectivity index (χ1) is 12.4. The Morgan fingerprint density at radius 3 is 2.58 bits per heavy atom. The first-order valence-electron chi connectivity index (χ1n) is 7.43. The average Bonchev–Trinajstić information content (AvgIpc) is 2.62. The van der Waals surface area contributed by atoms with E-state index in [1.165, 1.54) is 31.4 Å². The van der Waals surface area contributed by atoms with Crippen LogP contribution < -0.4 is 20.1 Å². The molecule has 0 heterocycles. The molecule has 0 aliphatic carbocycles. The van der Waals surface area contributed by atoms with Gasteiger partial charge < -0.3 is 19.9 Å². The number of benzene rings is 2. The van der Waals surface area contributed by atoms with E-state index in [9.17, 15) is 9.90 Å². The number of aromatic hydroxyl groups is 1. The zero-order chi connectivity index (χ0) is 19.1. The molecule has 0 radical (unpaired) electrons. The molecular weight excluding hydrogens is 376 g/mol. The molecule has 2 aromatic rings. The van der Waals surface area contributed by atoms with Crippen LogP contribution in [0, 0.1) is 0 Å². The molecule has 0 unspecified atom stereocenters. The van der Waals surface area contributed by atoms with Crippen molar-refractivity contribution in [3.63, 3.8) is 0 Å². The highest BCUT2D eigenvalue weighted by Crippen LogP contribution is 2.28. The zero-order valence-corrected chi connectivity index (χ0v) is 15.6. The lowest BCUT2D eigenvalue weighted by atomic mass is 10.2. The van der Waals surface area contributed by atoms with E-state index in [0.29, 0.717) is 22.2 Å². The Kier molecular flexibility index (Phi) is 6.82. The van der Waals surface area contributed by atoms with Crippen molar-refractivity contribution in [2.24, 2.45) is 0 Å². The summed E-state index contributed by atoms with van der Waals surface area (Å²) in [6, 6.07) is 9.72. The van der Waals surface area contributed by atoms with Crippen LogP contribution in [0.1, 0.15) is 5.56 Å². The minimum absolute atomic E-state index is 0.0320. The van der Waals surface area contributed by atoms with Crippen LogP contribution in [-0.4, -0.2) is 30.3 Å². The number of phenolic OH excluding ortho intramolecular Hbond substituents is 1. The number of anilines is 1. The van der Waals surface area contributed by atoms with Crippen LogP contribution in [0.3, 0.4) is 0 Å². The molecule has 0 bridgehead atoms. The maximum atomic E-state index is 12.0. The summed E-state index contributed by atoms with van der Waals surface area (Å²) < 4.78 is 10.4. The Morgan fingerprint density at radius 2 is 1.88 bits per heavy atom. The van der Waals surface area contributed by atoms with E-state index < -0.39 is 5.91 Å². The second-order valence-corrected chi connectivity index (χ2v) is 5.90. The Balaban J connectivity index is 1.98. The van der Waals surface area contributed by atoms with E-state index in [-0.39, 0.29) is 10.9 Å². The summed E-state index contributed by atoms with van der Waals surface area (Å²) in [5.41, 5.74) is 1.05. The molecule has 0 fully saturated rings. The summed E-state index contributed by atoms with van der Waals surface area (Å²) in [4.78, 5) is 12.0. The number of halogens is 1. The number of amides is 1. The topological polar surface area (TPSA) is 79.8 Å². The van der Waals surface area contributed by atoms with Crippen molar-refractivity contribution >= 4 is 46.6 Å². The standard InChI is InChI=1S/C18H17ClN2O4S/c1-24-15-7-3-11(9-16(15)25-2)4-8-17(23)21-18(26)20-13-10-12(19)5-6-14(13)22/h3-10,22H,1-2H3,(H2,20,21,23,26). The van der Waals surface area contributed by atoms with Gasteiger partial charge in [0.15, 0.2) is 16.6 Å². The van der Waals surface area contributed by atoms with E-state index >= 15 is 0 Å². The monoisotopic (exact) mass is 392 g/mol. The Bertz CT molecular complexity index is 855. The molecule has 0 saturated carbocycles. The van der Waals surface area contributed by atoms with Gasteiger partial charge in [-0.3, -0.25) is 10.1 Å². The number of phenols is 1. The van der Waals surface area contributed by atoms with Gasteiger partial charge in [-0.2, -0.15) is 0 Å². The third-order valence-electron chi connectivity index (χ3n) is 3.28. The number of carbonyl (C=O) groups is 1. The molecule has 0 aliphatic heterocycles. The van der Waals surface area contributed by atoms with Crippen molar-refractivity contribution in [3.05, 3.63) is 53.1 Å². The maximum absolute atomic E-state index is 12.0. The van der Waals surface area contributed by atoms with Crippen molar-refractivity contribution in [2.45, 2.75) is 0 Å². The molecule has 2 aromatic carbocycles. The lowest BCUT2D eigenvalue weighted by Gasteiger charge is -2.10. The minimum atomic E-state index is -0.432. The van der Waals surface area contributed by atoms with Gasteiger partial charge in [-0.1, -0.05) is 17.7 Å². The van der Waals surface area contributed by atoms with Crippen LogP contribution in [0.2, 0.25) is 5.02 Å². The van der Waals surface area contributed by atoms with Gasteiger partial charge >= 0.3 is 0 Å². The van der Waals surface area contributed by atoms with Gasteiger partial charge in [0.25, 0.3) is 0 Å². The van der Waals surface area contributed by atoms with Crippen LogP contribution >= 0.6 is 23.8 Å². The molecule has 0 spiro atoms. The molecule has 0 aliphatic rings. The molecule has 6 nitrogen and oxygen atoms in total. The largest absolute Gasteiger partial charge is 0.506 e. The Labute approximate surface area is 161 Å². The summed E-state index contributed by atoms with van der Waals surface area (Å²) in [5, 5.41) is 15.4. The number of nitrogens with one attached hydrogen (secondary N) is 2. The van der Waals surface area contributed by atoms with Gasteiger partial charge in [0.05, 0.1) is 19.9 Å².